The number of ketones is 1. The van der Waals surface area contributed by atoms with Gasteiger partial charge in [0, 0.05) is 43.4 Å². The van der Waals surface area contributed by atoms with Gasteiger partial charge in [0.05, 0.1) is 11.0 Å². The summed E-state index contributed by atoms with van der Waals surface area (Å²) in [5.41, 5.74) is 8.30. The molecule has 192 valence electrons. The van der Waals surface area contributed by atoms with Gasteiger partial charge in [-0.3, -0.25) is 9.59 Å². The number of carbonyl (C=O) groups is 2. The number of imidazole rings is 1. The van der Waals surface area contributed by atoms with Gasteiger partial charge < -0.3 is 25.3 Å². The number of allylic oxidation sites excluding steroid dienone is 2. The van der Waals surface area contributed by atoms with Crippen molar-refractivity contribution >= 4 is 28.4 Å². The molecule has 3 N–H and O–H groups in total. The second-order valence-electron chi connectivity index (χ2n) is 10.0. The van der Waals surface area contributed by atoms with Gasteiger partial charge in [-0.25, -0.2) is 4.98 Å². The van der Waals surface area contributed by atoms with Crippen LogP contribution in [0.15, 0.2) is 72.3 Å². The fraction of sp³-hybridized carbons (Fsp3) is 0.345. The van der Waals surface area contributed by atoms with E-state index in [1.54, 1.807) is 18.2 Å². The minimum absolute atomic E-state index is 0.254. The average Bonchev–Trinajstić information content (AvgIpc) is 3.36. The van der Waals surface area contributed by atoms with Crippen molar-refractivity contribution in [3.8, 4) is 0 Å². The zero-order chi connectivity index (χ0) is 26.2. The average molecular weight is 500 g/mol. The van der Waals surface area contributed by atoms with Crippen LogP contribution >= 0.6 is 0 Å². The Kier molecular flexibility index (Phi) is 6.70. The van der Waals surface area contributed by atoms with E-state index < -0.39 is 17.4 Å². The minimum Gasteiger partial charge on any atom is -0.371 e. The van der Waals surface area contributed by atoms with Gasteiger partial charge in [0.1, 0.15) is 0 Å². The van der Waals surface area contributed by atoms with Crippen LogP contribution in [-0.2, 0) is 9.53 Å². The van der Waals surface area contributed by atoms with Gasteiger partial charge in [-0.15, -0.1) is 0 Å². The summed E-state index contributed by atoms with van der Waals surface area (Å²) in [7, 11) is 5.72. The summed E-state index contributed by atoms with van der Waals surface area (Å²) < 4.78 is 5.63. The Morgan fingerprint density at radius 1 is 1.14 bits per heavy atom. The summed E-state index contributed by atoms with van der Waals surface area (Å²) in [6, 6.07) is 16.1. The van der Waals surface area contributed by atoms with E-state index in [4.69, 9.17) is 10.5 Å². The van der Waals surface area contributed by atoms with E-state index in [2.05, 4.69) is 39.9 Å². The Balaban J connectivity index is 1.42. The number of nitrogens with zero attached hydrogens (tertiary/aromatic N) is 3. The number of H-pyrrole nitrogens is 1. The lowest BCUT2D eigenvalue weighted by molar-refractivity contribution is -0.135. The van der Waals surface area contributed by atoms with E-state index >= 15 is 0 Å². The van der Waals surface area contributed by atoms with Crippen molar-refractivity contribution in [3.05, 3.63) is 83.7 Å². The number of aromatic amines is 1. The first-order valence-corrected chi connectivity index (χ1v) is 12.6. The number of Topliss-reactive ketones (excluding diaryl/α,β-unsaturated/α-hetero) is 1. The SMILES string of the molecule is COC1(C(N)=O)C=CC(C(=O)c2nc3cc(N4CCC(N(C)C)CC4)ccc3[nH]2)=CC1c1ccccc1. The molecule has 0 spiro atoms. The Morgan fingerprint density at radius 2 is 1.86 bits per heavy atom. The van der Waals surface area contributed by atoms with E-state index in [0.717, 1.165) is 48.2 Å². The first-order valence-electron chi connectivity index (χ1n) is 12.6. The molecule has 1 saturated heterocycles. The fourth-order valence-corrected chi connectivity index (χ4v) is 5.44. The maximum absolute atomic E-state index is 13.5. The van der Waals surface area contributed by atoms with Crippen molar-refractivity contribution in [1.82, 2.24) is 14.9 Å². The summed E-state index contributed by atoms with van der Waals surface area (Å²) >= 11 is 0. The number of benzene rings is 2. The van der Waals surface area contributed by atoms with Crippen LogP contribution in [0.5, 0.6) is 0 Å². The van der Waals surface area contributed by atoms with Crippen LogP contribution in [0.1, 0.15) is 34.9 Å². The number of carbonyl (C=O) groups excluding carboxylic acids is 2. The van der Waals surface area contributed by atoms with Crippen molar-refractivity contribution in [2.45, 2.75) is 30.4 Å². The molecule has 3 aromatic rings. The van der Waals surface area contributed by atoms with E-state index in [1.807, 2.05) is 42.5 Å². The number of nitrogens with two attached hydrogens (primary N) is 1. The number of anilines is 1. The van der Waals surface area contributed by atoms with Gasteiger partial charge in [0.15, 0.2) is 11.4 Å². The predicted octanol–water partition coefficient (Wildman–Crippen LogP) is 3.43. The topological polar surface area (TPSA) is 105 Å². The zero-order valence-electron chi connectivity index (χ0n) is 21.5. The number of amides is 1. The van der Waals surface area contributed by atoms with E-state index in [9.17, 15) is 9.59 Å². The molecule has 1 aromatic heterocycles. The van der Waals surface area contributed by atoms with Gasteiger partial charge in [0.2, 0.25) is 5.78 Å². The first-order chi connectivity index (χ1) is 17.8. The maximum atomic E-state index is 13.5. The van der Waals surface area contributed by atoms with Gasteiger partial charge in [-0.05, 0) is 56.8 Å². The molecular weight excluding hydrogens is 466 g/mol. The lowest BCUT2D eigenvalue weighted by Crippen LogP contribution is -2.49. The summed E-state index contributed by atoms with van der Waals surface area (Å²) in [6.45, 7) is 1.98. The second-order valence-corrected chi connectivity index (χ2v) is 10.0. The molecule has 0 saturated carbocycles. The molecule has 2 aliphatic rings. The zero-order valence-corrected chi connectivity index (χ0v) is 21.5. The molecule has 0 bridgehead atoms. The van der Waals surface area contributed by atoms with Gasteiger partial charge in [-0.1, -0.05) is 42.5 Å². The van der Waals surface area contributed by atoms with Crippen molar-refractivity contribution in [2.24, 2.45) is 5.73 Å². The molecule has 1 aliphatic heterocycles. The molecule has 2 aromatic carbocycles. The van der Waals surface area contributed by atoms with Crippen LogP contribution in [0, 0.1) is 0 Å². The number of piperidine rings is 1. The second kappa shape index (κ2) is 9.95. The summed E-state index contributed by atoms with van der Waals surface area (Å²) in [4.78, 5) is 38.5. The Labute approximate surface area is 216 Å². The highest BCUT2D eigenvalue weighted by Gasteiger charge is 2.45. The molecular formula is C29H33N5O3. The van der Waals surface area contributed by atoms with Crippen LogP contribution in [0.3, 0.4) is 0 Å². The summed E-state index contributed by atoms with van der Waals surface area (Å²) in [5, 5.41) is 0. The molecule has 2 heterocycles. The third-order valence-electron chi connectivity index (χ3n) is 7.70. The lowest BCUT2D eigenvalue weighted by Gasteiger charge is -2.36. The number of hydrogen-bond acceptors (Lipinski definition) is 6. The van der Waals surface area contributed by atoms with E-state index in [-0.39, 0.29) is 11.6 Å². The summed E-state index contributed by atoms with van der Waals surface area (Å²) in [6.07, 6.45) is 7.17. The van der Waals surface area contributed by atoms with Crippen molar-refractivity contribution in [3.63, 3.8) is 0 Å². The monoisotopic (exact) mass is 499 g/mol. The maximum Gasteiger partial charge on any atom is 0.254 e. The van der Waals surface area contributed by atoms with Crippen LogP contribution in [0.2, 0.25) is 0 Å². The van der Waals surface area contributed by atoms with Gasteiger partial charge in [-0.2, -0.15) is 0 Å². The number of ether oxygens (including phenoxy) is 1. The van der Waals surface area contributed by atoms with E-state index in [0.29, 0.717) is 11.6 Å². The van der Waals surface area contributed by atoms with Gasteiger partial charge >= 0.3 is 0 Å². The first kappa shape index (κ1) is 24.9. The lowest BCUT2D eigenvalue weighted by atomic mass is 9.76. The van der Waals surface area contributed by atoms with Gasteiger partial charge in [0.25, 0.3) is 5.91 Å². The van der Waals surface area contributed by atoms with Crippen LogP contribution in [-0.4, -0.2) is 72.5 Å². The van der Waals surface area contributed by atoms with Crippen LogP contribution in [0.4, 0.5) is 5.69 Å². The number of aromatic nitrogens is 2. The predicted molar refractivity (Wildman–Crippen MR) is 145 cm³/mol. The van der Waals surface area contributed by atoms with E-state index in [1.165, 1.54) is 7.11 Å². The Bertz CT molecular complexity index is 1370. The largest absolute Gasteiger partial charge is 0.371 e. The van der Waals surface area contributed by atoms with Crippen LogP contribution in [0.25, 0.3) is 11.0 Å². The molecule has 1 fully saturated rings. The molecule has 2 atom stereocenters. The molecule has 8 heteroatoms. The fourth-order valence-electron chi connectivity index (χ4n) is 5.44. The normalized spacial score (nSPS) is 22.4. The Hall–Kier alpha value is -3.75. The molecule has 5 rings (SSSR count). The smallest absolute Gasteiger partial charge is 0.254 e. The van der Waals surface area contributed by atoms with Crippen molar-refractivity contribution in [2.75, 3.05) is 39.2 Å². The number of nitrogens with one attached hydrogen (secondary N) is 1. The molecule has 8 nitrogen and oxygen atoms in total. The number of rotatable bonds is 7. The molecule has 1 amide bonds. The minimum atomic E-state index is -1.38. The number of primary amides is 1. The number of hydrogen-bond donors (Lipinski definition) is 2. The van der Waals surface area contributed by atoms with Crippen LogP contribution < -0.4 is 10.6 Å². The number of fused-ring (bicyclic) bond motifs is 1. The number of methoxy groups -OCH3 is 1. The Morgan fingerprint density at radius 3 is 2.51 bits per heavy atom. The molecule has 37 heavy (non-hydrogen) atoms. The highest BCUT2D eigenvalue weighted by molar-refractivity contribution is 6.10. The standard InChI is InChI=1S/C29H33N5O3/c1-33(2)21-12-15-34(16-13-21)22-9-10-24-25(18-22)32-27(31-24)26(35)20-11-14-29(37-3,28(30)36)23(17-20)19-7-5-4-6-8-19/h4-11,14,17-18,21,23H,12-13,15-16H2,1-3H3,(H2,30,36)(H,31,32). The molecule has 0 radical (unpaired) electrons. The third kappa shape index (κ3) is 4.58. The van der Waals surface area contributed by atoms with Crippen molar-refractivity contribution in [1.29, 1.82) is 0 Å². The third-order valence-corrected chi connectivity index (χ3v) is 7.70. The highest BCUT2D eigenvalue weighted by Crippen LogP contribution is 2.38. The highest BCUT2D eigenvalue weighted by atomic mass is 16.5. The van der Waals surface area contributed by atoms with Crippen molar-refractivity contribution < 1.29 is 14.3 Å². The summed E-state index contributed by atoms with van der Waals surface area (Å²) in [5.74, 6) is -1.17. The molecule has 1 aliphatic carbocycles. The molecule has 2 unspecified atom stereocenters. The quantitative estimate of drug-likeness (QED) is 0.483.